The van der Waals surface area contributed by atoms with E-state index in [1.165, 1.54) is 6.92 Å². The van der Waals surface area contributed by atoms with Crippen LogP contribution in [0.15, 0.2) is 0 Å². The van der Waals surface area contributed by atoms with Crippen LogP contribution in [0.2, 0.25) is 0 Å². The second kappa shape index (κ2) is 5.71. The summed E-state index contributed by atoms with van der Waals surface area (Å²) >= 11 is 0.794. The van der Waals surface area contributed by atoms with Crippen LogP contribution < -0.4 is 0 Å². The molecule has 0 aromatic heterocycles. The van der Waals surface area contributed by atoms with Gasteiger partial charge in [-0.1, -0.05) is 0 Å². The van der Waals surface area contributed by atoms with E-state index >= 15 is 0 Å². The van der Waals surface area contributed by atoms with E-state index in [9.17, 15) is 19.5 Å². The first-order valence-electron chi connectivity index (χ1n) is 4.18. The van der Waals surface area contributed by atoms with Gasteiger partial charge in [0.2, 0.25) is 0 Å². The van der Waals surface area contributed by atoms with E-state index in [1.54, 1.807) is 0 Å². The van der Waals surface area contributed by atoms with Crippen LogP contribution in [0, 0.1) is 0 Å². The van der Waals surface area contributed by atoms with E-state index < -0.39 is 28.9 Å². The SMILES string of the molecule is CC(OC(=O)C(C)(O)C(=O)O)SCC(=O)O. The first-order valence-corrected chi connectivity index (χ1v) is 5.23. The Morgan fingerprint density at radius 2 is 1.88 bits per heavy atom. The molecule has 16 heavy (non-hydrogen) atoms. The van der Waals surface area contributed by atoms with Crippen molar-refractivity contribution in [3.05, 3.63) is 0 Å². The third kappa shape index (κ3) is 4.49. The minimum absolute atomic E-state index is 0.288. The number of aliphatic hydroxyl groups is 1. The highest BCUT2D eigenvalue weighted by atomic mass is 32.2. The van der Waals surface area contributed by atoms with E-state index in [0.29, 0.717) is 0 Å². The van der Waals surface area contributed by atoms with Gasteiger partial charge in [-0.3, -0.25) is 4.79 Å². The molecule has 0 aromatic rings. The standard InChI is InChI=1S/C8H12O7S/c1-4(16-3-5(9)10)15-7(13)8(2,14)6(11)12/h4,14H,3H2,1-2H3,(H,9,10)(H,11,12). The van der Waals surface area contributed by atoms with Crippen molar-refractivity contribution in [3.63, 3.8) is 0 Å². The lowest BCUT2D eigenvalue weighted by Crippen LogP contribution is -2.45. The van der Waals surface area contributed by atoms with Crippen LogP contribution >= 0.6 is 11.8 Å². The molecule has 0 heterocycles. The lowest BCUT2D eigenvalue weighted by Gasteiger charge is -2.19. The van der Waals surface area contributed by atoms with E-state index in [0.717, 1.165) is 18.7 Å². The van der Waals surface area contributed by atoms with Crippen molar-refractivity contribution in [1.82, 2.24) is 0 Å². The topological polar surface area (TPSA) is 121 Å². The van der Waals surface area contributed by atoms with Crippen molar-refractivity contribution >= 4 is 29.7 Å². The molecule has 8 heteroatoms. The maximum Gasteiger partial charge on any atom is 0.350 e. The smallest absolute Gasteiger partial charge is 0.350 e. The molecule has 0 aromatic carbocycles. The summed E-state index contributed by atoms with van der Waals surface area (Å²) in [6, 6.07) is 0. The molecule has 0 rings (SSSR count). The summed E-state index contributed by atoms with van der Waals surface area (Å²) in [6.45, 7) is 2.16. The zero-order chi connectivity index (χ0) is 12.9. The van der Waals surface area contributed by atoms with Crippen LogP contribution in [0.4, 0.5) is 0 Å². The highest BCUT2D eigenvalue weighted by molar-refractivity contribution is 8.00. The average Bonchev–Trinajstić information content (AvgIpc) is 2.14. The molecule has 0 radical (unpaired) electrons. The Labute approximate surface area is 95.4 Å². The first-order chi connectivity index (χ1) is 7.17. The fourth-order valence-electron chi connectivity index (χ4n) is 0.575. The molecule has 0 spiro atoms. The normalized spacial score (nSPS) is 15.9. The Kier molecular flexibility index (Phi) is 5.25. The van der Waals surface area contributed by atoms with Gasteiger partial charge in [0.15, 0.2) is 0 Å². The number of aliphatic carboxylic acids is 2. The first kappa shape index (κ1) is 14.7. The molecule has 2 unspecified atom stereocenters. The van der Waals surface area contributed by atoms with Crippen LogP contribution in [0.3, 0.4) is 0 Å². The molecule has 0 fully saturated rings. The fraction of sp³-hybridized carbons (Fsp3) is 0.625. The van der Waals surface area contributed by atoms with Gasteiger partial charge in [-0.25, -0.2) is 9.59 Å². The van der Waals surface area contributed by atoms with Crippen LogP contribution in [0.25, 0.3) is 0 Å². The summed E-state index contributed by atoms with van der Waals surface area (Å²) in [5, 5.41) is 26.0. The summed E-state index contributed by atoms with van der Waals surface area (Å²) in [5.74, 6) is -4.43. The summed E-state index contributed by atoms with van der Waals surface area (Å²) < 4.78 is 4.56. The van der Waals surface area contributed by atoms with Crippen molar-refractivity contribution in [2.75, 3.05) is 5.75 Å². The summed E-state index contributed by atoms with van der Waals surface area (Å²) in [6.07, 6.45) is 0. The second-order valence-electron chi connectivity index (χ2n) is 3.06. The lowest BCUT2D eigenvalue weighted by molar-refractivity contribution is -0.178. The van der Waals surface area contributed by atoms with Crippen molar-refractivity contribution in [1.29, 1.82) is 0 Å². The van der Waals surface area contributed by atoms with Crippen molar-refractivity contribution < 1.29 is 34.4 Å². The number of carbonyl (C=O) groups is 3. The van der Waals surface area contributed by atoms with E-state index in [4.69, 9.17) is 10.2 Å². The van der Waals surface area contributed by atoms with E-state index in [-0.39, 0.29) is 5.75 Å². The minimum atomic E-state index is -2.63. The maximum atomic E-state index is 11.1. The molecule has 0 aliphatic carbocycles. The Balaban J connectivity index is 4.24. The number of rotatable bonds is 6. The summed E-state index contributed by atoms with van der Waals surface area (Å²) in [5.41, 5.74) is -3.48. The molecule has 0 bridgehead atoms. The fourth-order valence-corrected chi connectivity index (χ4v) is 1.11. The number of esters is 1. The molecular weight excluding hydrogens is 240 g/mol. The van der Waals surface area contributed by atoms with Gasteiger partial charge in [-0.2, -0.15) is 0 Å². The molecule has 0 aliphatic heterocycles. The highest BCUT2D eigenvalue weighted by Gasteiger charge is 2.41. The van der Waals surface area contributed by atoms with E-state index in [1.807, 2.05) is 0 Å². The quantitative estimate of drug-likeness (QED) is 0.329. The van der Waals surface area contributed by atoms with Gasteiger partial charge in [0.05, 0.1) is 5.75 Å². The Hall–Kier alpha value is -1.28. The molecule has 92 valence electrons. The van der Waals surface area contributed by atoms with Crippen molar-refractivity contribution in [3.8, 4) is 0 Å². The third-order valence-corrected chi connectivity index (χ3v) is 2.51. The minimum Gasteiger partial charge on any atom is -0.481 e. The number of carbonyl (C=O) groups excluding carboxylic acids is 1. The monoisotopic (exact) mass is 252 g/mol. The molecule has 3 N–H and O–H groups in total. The molecule has 0 aliphatic rings. The predicted molar refractivity (Wildman–Crippen MR) is 53.9 cm³/mol. The molecule has 0 saturated heterocycles. The molecule has 2 atom stereocenters. The number of hydrogen-bond acceptors (Lipinski definition) is 6. The van der Waals surface area contributed by atoms with Crippen molar-refractivity contribution in [2.24, 2.45) is 0 Å². The molecule has 0 amide bonds. The largest absolute Gasteiger partial charge is 0.481 e. The van der Waals surface area contributed by atoms with Crippen LogP contribution in [0.1, 0.15) is 13.8 Å². The highest BCUT2D eigenvalue weighted by Crippen LogP contribution is 2.15. The lowest BCUT2D eigenvalue weighted by atomic mass is 10.1. The zero-order valence-corrected chi connectivity index (χ0v) is 9.48. The number of carboxylic acids is 2. The zero-order valence-electron chi connectivity index (χ0n) is 8.67. The van der Waals surface area contributed by atoms with Gasteiger partial charge in [-0.05, 0) is 13.8 Å². The Morgan fingerprint density at radius 3 is 2.25 bits per heavy atom. The Bertz CT molecular complexity index is 299. The van der Waals surface area contributed by atoms with Crippen molar-refractivity contribution in [2.45, 2.75) is 24.9 Å². The predicted octanol–water partition coefficient (Wildman–Crippen LogP) is -0.471. The summed E-state index contributed by atoms with van der Waals surface area (Å²) in [4.78, 5) is 31.8. The average molecular weight is 252 g/mol. The van der Waals surface area contributed by atoms with Gasteiger partial charge in [-0.15, -0.1) is 11.8 Å². The maximum absolute atomic E-state index is 11.1. The van der Waals surface area contributed by atoms with Crippen LogP contribution in [0.5, 0.6) is 0 Å². The number of carboxylic acid groups (broad SMARTS) is 2. The number of thioether (sulfide) groups is 1. The van der Waals surface area contributed by atoms with Gasteiger partial charge in [0, 0.05) is 0 Å². The van der Waals surface area contributed by atoms with Gasteiger partial charge in [0.25, 0.3) is 5.60 Å². The van der Waals surface area contributed by atoms with Gasteiger partial charge in [0.1, 0.15) is 5.44 Å². The van der Waals surface area contributed by atoms with E-state index in [2.05, 4.69) is 4.74 Å². The molecular formula is C8H12O7S. The Morgan fingerprint density at radius 1 is 1.38 bits per heavy atom. The van der Waals surface area contributed by atoms with Gasteiger partial charge >= 0.3 is 17.9 Å². The molecule has 0 saturated carbocycles. The second-order valence-corrected chi connectivity index (χ2v) is 4.34. The van der Waals surface area contributed by atoms with Crippen LogP contribution in [-0.2, 0) is 19.1 Å². The number of ether oxygens (including phenoxy) is 1. The summed E-state index contributed by atoms with van der Waals surface area (Å²) in [7, 11) is 0. The van der Waals surface area contributed by atoms with Gasteiger partial charge < -0.3 is 20.1 Å². The third-order valence-electron chi connectivity index (χ3n) is 1.53. The molecule has 7 nitrogen and oxygen atoms in total. The van der Waals surface area contributed by atoms with Crippen LogP contribution in [-0.4, -0.2) is 50.0 Å². The number of hydrogen-bond donors (Lipinski definition) is 3.